The highest BCUT2D eigenvalue weighted by atomic mass is 16.5. The van der Waals surface area contributed by atoms with Gasteiger partial charge >= 0.3 is 0 Å². The summed E-state index contributed by atoms with van der Waals surface area (Å²) < 4.78 is 12.5. The Labute approximate surface area is 258 Å². The molecule has 3 aliphatic heterocycles. The van der Waals surface area contributed by atoms with E-state index in [0.717, 1.165) is 30.8 Å². The minimum Gasteiger partial charge on any atom is -0.457 e. The maximum atomic E-state index is 13.6. The van der Waals surface area contributed by atoms with Gasteiger partial charge in [0.1, 0.15) is 11.5 Å². The summed E-state index contributed by atoms with van der Waals surface area (Å²) in [6.07, 6.45) is 3.36. The molecule has 3 aliphatic rings. The molecule has 2 saturated heterocycles. The zero-order valence-corrected chi connectivity index (χ0v) is 25.5. The Balaban J connectivity index is 1.19. The lowest BCUT2D eigenvalue weighted by Gasteiger charge is -2.26. The summed E-state index contributed by atoms with van der Waals surface area (Å²) >= 11 is 0. The second-order valence-electron chi connectivity index (χ2n) is 12.2. The second kappa shape index (κ2) is 13.2. The highest BCUT2D eigenvalue weighted by Gasteiger charge is 2.37. The van der Waals surface area contributed by atoms with Gasteiger partial charge in [-0.05, 0) is 85.9 Å². The van der Waals surface area contributed by atoms with Gasteiger partial charge in [-0.3, -0.25) is 19.3 Å². The van der Waals surface area contributed by atoms with Crippen LogP contribution in [0.4, 0.5) is 0 Å². The minimum absolute atomic E-state index is 0.0944. The summed E-state index contributed by atoms with van der Waals surface area (Å²) in [6.45, 7) is 5.88. The number of carbonyl (C=O) groups is 3. The van der Waals surface area contributed by atoms with Gasteiger partial charge in [0.05, 0.1) is 25.3 Å². The molecule has 4 bridgehead atoms. The molecule has 0 spiro atoms. The number of hydrogen-bond acceptors (Lipinski definition) is 6. The molecule has 0 unspecified atom stereocenters. The van der Waals surface area contributed by atoms with Crippen molar-refractivity contribution in [2.24, 2.45) is 0 Å². The molecule has 3 heterocycles. The van der Waals surface area contributed by atoms with Gasteiger partial charge in [-0.15, -0.1) is 0 Å². The summed E-state index contributed by atoms with van der Waals surface area (Å²) in [6, 6.07) is 20.3. The molecule has 0 radical (unpaired) electrons. The van der Waals surface area contributed by atoms with Crippen molar-refractivity contribution in [3.05, 3.63) is 94.5 Å². The van der Waals surface area contributed by atoms with Crippen LogP contribution >= 0.6 is 0 Å². The third-order valence-electron chi connectivity index (χ3n) is 8.71. The first kappa shape index (κ1) is 29.8. The fourth-order valence-corrected chi connectivity index (χ4v) is 6.19. The highest BCUT2D eigenvalue weighted by Crippen LogP contribution is 2.28. The van der Waals surface area contributed by atoms with E-state index in [4.69, 9.17) is 9.47 Å². The van der Waals surface area contributed by atoms with E-state index < -0.39 is 12.1 Å². The Kier molecular flexibility index (Phi) is 8.95. The predicted molar refractivity (Wildman–Crippen MR) is 167 cm³/mol. The number of hydrogen-bond donors (Lipinski definition) is 1. The number of likely N-dealkylation sites (N-methyl/N-ethyl adjacent to an activating group) is 1. The molecule has 2 atom stereocenters. The van der Waals surface area contributed by atoms with Crippen LogP contribution in [0, 0.1) is 6.92 Å². The molecule has 0 aromatic heterocycles. The number of rotatable bonds is 3. The fourth-order valence-electron chi connectivity index (χ4n) is 6.19. The molecular weight excluding hydrogens is 556 g/mol. The van der Waals surface area contributed by atoms with Crippen molar-refractivity contribution in [1.29, 1.82) is 0 Å². The maximum Gasteiger partial charge on any atom is 0.254 e. The molecule has 0 saturated carbocycles. The van der Waals surface area contributed by atoms with Crippen LogP contribution < -0.4 is 10.1 Å². The zero-order chi connectivity index (χ0) is 30.6. The van der Waals surface area contributed by atoms with E-state index in [-0.39, 0.29) is 24.3 Å². The van der Waals surface area contributed by atoms with E-state index in [0.29, 0.717) is 42.3 Å². The Hall–Kier alpha value is -4.21. The van der Waals surface area contributed by atoms with Crippen molar-refractivity contribution in [3.63, 3.8) is 0 Å². The van der Waals surface area contributed by atoms with Crippen molar-refractivity contribution >= 4 is 17.7 Å². The Morgan fingerprint density at radius 2 is 1.75 bits per heavy atom. The van der Waals surface area contributed by atoms with E-state index in [2.05, 4.69) is 10.2 Å². The quantitative estimate of drug-likeness (QED) is 0.483. The van der Waals surface area contributed by atoms with Crippen LogP contribution in [0.25, 0.3) is 0 Å². The van der Waals surface area contributed by atoms with Crippen molar-refractivity contribution in [3.8, 4) is 11.5 Å². The molecule has 0 aliphatic carbocycles. The SMILES string of the molecule is Cc1ccc2cc1Oc1cccc(c1)CO[C@H]1CN(C(=O)c3ccc(CN4CCCCC4)cc3)C[C@@H]1NC(=O)CN(C)C2=O. The number of nitrogens with zero attached hydrogens (tertiary/aromatic N) is 3. The smallest absolute Gasteiger partial charge is 0.254 e. The second-order valence-corrected chi connectivity index (χ2v) is 12.2. The largest absolute Gasteiger partial charge is 0.457 e. The minimum atomic E-state index is -0.424. The maximum absolute atomic E-state index is 13.6. The van der Waals surface area contributed by atoms with Crippen LogP contribution in [-0.4, -0.2) is 84.3 Å². The number of fused-ring (bicyclic) bond motifs is 5. The Morgan fingerprint density at radius 1 is 0.955 bits per heavy atom. The van der Waals surface area contributed by atoms with Gasteiger partial charge in [-0.1, -0.05) is 36.8 Å². The number of aryl methyl sites for hydroxylation is 1. The third-order valence-corrected chi connectivity index (χ3v) is 8.71. The molecule has 6 rings (SSSR count). The van der Waals surface area contributed by atoms with Gasteiger partial charge in [-0.2, -0.15) is 0 Å². The lowest BCUT2D eigenvalue weighted by atomic mass is 10.1. The van der Waals surface area contributed by atoms with E-state index in [9.17, 15) is 14.4 Å². The molecule has 2 fully saturated rings. The van der Waals surface area contributed by atoms with Crippen LogP contribution in [0.3, 0.4) is 0 Å². The summed E-state index contributed by atoms with van der Waals surface area (Å²) in [5.41, 5.74) is 4.04. The van der Waals surface area contributed by atoms with Crippen LogP contribution in [0.5, 0.6) is 11.5 Å². The third kappa shape index (κ3) is 6.95. The zero-order valence-electron chi connectivity index (χ0n) is 25.5. The van der Waals surface area contributed by atoms with Crippen molar-refractivity contribution in [2.45, 2.75) is 51.5 Å². The predicted octanol–water partition coefficient (Wildman–Crippen LogP) is 4.38. The highest BCUT2D eigenvalue weighted by molar-refractivity contribution is 5.97. The first-order chi connectivity index (χ1) is 21.3. The molecule has 44 heavy (non-hydrogen) atoms. The molecule has 3 aromatic rings. The monoisotopic (exact) mass is 596 g/mol. The van der Waals surface area contributed by atoms with Crippen molar-refractivity contribution < 1.29 is 23.9 Å². The lowest BCUT2D eigenvalue weighted by Crippen LogP contribution is -2.48. The number of carbonyl (C=O) groups excluding carboxylic acids is 3. The number of piperidine rings is 1. The van der Waals surface area contributed by atoms with Gasteiger partial charge in [-0.25, -0.2) is 0 Å². The van der Waals surface area contributed by atoms with Crippen molar-refractivity contribution in [1.82, 2.24) is 20.0 Å². The fraction of sp³-hybridized carbons (Fsp3) is 0.400. The van der Waals surface area contributed by atoms with Crippen LogP contribution in [-0.2, 0) is 22.7 Å². The summed E-state index contributed by atoms with van der Waals surface area (Å²) in [7, 11) is 1.60. The van der Waals surface area contributed by atoms with Crippen LogP contribution in [0.15, 0.2) is 66.7 Å². The van der Waals surface area contributed by atoms with Gasteiger partial charge in [0.15, 0.2) is 0 Å². The average molecular weight is 597 g/mol. The molecule has 9 nitrogen and oxygen atoms in total. The Bertz CT molecular complexity index is 1520. The van der Waals surface area contributed by atoms with Crippen LogP contribution in [0.1, 0.15) is 56.7 Å². The van der Waals surface area contributed by atoms with Gasteiger partial charge in [0.25, 0.3) is 11.8 Å². The Morgan fingerprint density at radius 3 is 2.55 bits per heavy atom. The summed E-state index contributed by atoms with van der Waals surface area (Å²) in [5, 5.41) is 3.04. The molecule has 1 N–H and O–H groups in total. The number of amides is 3. The van der Waals surface area contributed by atoms with E-state index >= 15 is 0 Å². The number of ether oxygens (including phenoxy) is 2. The van der Waals surface area contributed by atoms with E-state index in [1.54, 1.807) is 24.1 Å². The first-order valence-corrected chi connectivity index (χ1v) is 15.5. The van der Waals surface area contributed by atoms with Gasteiger partial charge < -0.3 is 24.6 Å². The van der Waals surface area contributed by atoms with Crippen LogP contribution in [0.2, 0.25) is 0 Å². The topological polar surface area (TPSA) is 91.4 Å². The number of likely N-dealkylation sites (tertiary alicyclic amines) is 2. The molecule has 9 heteroatoms. The van der Waals surface area contributed by atoms with E-state index in [1.165, 1.54) is 29.7 Å². The first-order valence-electron chi connectivity index (χ1n) is 15.5. The summed E-state index contributed by atoms with van der Waals surface area (Å²) in [4.78, 5) is 45.5. The average Bonchev–Trinajstić information content (AvgIpc) is 3.43. The van der Waals surface area contributed by atoms with Crippen molar-refractivity contribution in [2.75, 3.05) is 39.8 Å². The van der Waals surface area contributed by atoms with Gasteiger partial charge in [0, 0.05) is 37.8 Å². The number of nitrogens with one attached hydrogen (secondary N) is 1. The molecule has 230 valence electrons. The number of benzene rings is 3. The molecule has 3 aromatic carbocycles. The van der Waals surface area contributed by atoms with Gasteiger partial charge in [0.2, 0.25) is 5.91 Å². The lowest BCUT2D eigenvalue weighted by molar-refractivity contribution is -0.123. The standard InChI is InChI=1S/C35H40N4O5/c1-24-9-12-28-18-31(24)44-29-8-6-7-26(17-29)23-43-32-21-39(20-30(32)36-33(40)22-37(2)34(28)41)35(42)27-13-10-25(11-14-27)19-38-15-4-3-5-16-38/h6-14,17-18,30,32H,3-5,15-16,19-23H2,1-2H3,(H,36,40)/t30-,32-/m0/s1. The molecular formula is C35H40N4O5. The molecule has 3 amide bonds. The normalized spacial score (nSPS) is 21.4. The summed E-state index contributed by atoms with van der Waals surface area (Å²) in [5.74, 6) is 0.515. The van der Waals surface area contributed by atoms with E-state index in [1.807, 2.05) is 61.5 Å².